The SMILES string of the molecule is CCCN(C)C(=O)[C@@H]1CC(=O)N(C)[C@@H](CCOC)C(=O)N[C@@H]([C@@H](C)CC)C(=O)N(C)CC(=O)N(C)[C@H]2C/C=C\CCN(C2=O)[C@@H](CC2CCC(C(F)(F)F)CC2)C(=O)N(C)CC(=O)N[C@@H](CCC2CC(F)C(C(F)(F)F)C(F)C2)C(=O)N2C[C@@H](C)C[C@H]2C(=O)NC2(CC(C)(C)C2)C(=O)N(C)[C@@H](C2CCCC2)C(=O)N1C. The largest absolute Gasteiger partial charge is 0.397 e. The highest BCUT2D eigenvalue weighted by Gasteiger charge is 2.60. The summed E-state index contributed by atoms with van der Waals surface area (Å²) < 4.78 is 121. The van der Waals surface area contributed by atoms with Gasteiger partial charge < -0.3 is 64.8 Å². The van der Waals surface area contributed by atoms with Crippen LogP contribution < -0.4 is 16.0 Å². The van der Waals surface area contributed by atoms with Crippen LogP contribution >= 0.6 is 0 Å². The molecule has 3 heterocycles. The number of hydrogen-bond donors (Lipinski definition) is 3. The minimum Gasteiger partial charge on any atom is -0.385 e. The van der Waals surface area contributed by atoms with Crippen molar-refractivity contribution in [2.75, 3.05) is 95.8 Å². The zero-order valence-corrected chi connectivity index (χ0v) is 66.6. The summed E-state index contributed by atoms with van der Waals surface area (Å²) in [6, 6.07) is -11.4. The Labute approximate surface area is 642 Å². The van der Waals surface area contributed by atoms with Crippen LogP contribution in [0.5, 0.6) is 0 Å². The number of hydrogen-bond acceptors (Lipinski definition) is 13. The number of carbonyl (C=O) groups excluding carboxylic acids is 12. The van der Waals surface area contributed by atoms with E-state index in [2.05, 4.69) is 16.0 Å². The van der Waals surface area contributed by atoms with Gasteiger partial charge in [-0.2, -0.15) is 26.3 Å². The van der Waals surface area contributed by atoms with Gasteiger partial charge in [-0.15, -0.1) is 0 Å². The molecule has 0 radical (unpaired) electrons. The predicted octanol–water partition coefficient (Wildman–Crippen LogP) is 6.99. The van der Waals surface area contributed by atoms with Crippen molar-refractivity contribution in [1.29, 1.82) is 0 Å². The number of likely N-dealkylation sites (N-methyl/N-ethyl adjacent to an activating group) is 7. The Bertz CT molecular complexity index is 3300. The molecule has 25 nitrogen and oxygen atoms in total. The van der Waals surface area contributed by atoms with E-state index in [1.54, 1.807) is 32.9 Å². The molecule has 622 valence electrons. The number of ether oxygens (including phenoxy) is 1. The van der Waals surface area contributed by atoms with Crippen LogP contribution in [0.25, 0.3) is 0 Å². The number of amides is 12. The Kier molecular flexibility index (Phi) is 31.1. The first kappa shape index (κ1) is 90.0. The Morgan fingerprint density at radius 2 is 1.28 bits per heavy atom. The number of methoxy groups -OCH3 is 1. The first-order valence-corrected chi connectivity index (χ1v) is 39.3. The first-order valence-electron chi connectivity index (χ1n) is 39.3. The van der Waals surface area contributed by atoms with Crippen LogP contribution in [0.1, 0.15) is 183 Å². The number of halogens is 8. The number of alkyl halides is 8. The molecule has 0 aromatic heterocycles. The fourth-order valence-corrected chi connectivity index (χ4v) is 18.1. The molecule has 0 aromatic carbocycles. The lowest BCUT2D eigenvalue weighted by atomic mass is 9.58. The number of carbonyl (C=O) groups is 12. The molecule has 12 amide bonds. The highest BCUT2D eigenvalue weighted by atomic mass is 19.4. The topological polar surface area (TPSA) is 279 Å². The van der Waals surface area contributed by atoms with E-state index < -0.39 is 235 Å². The van der Waals surface area contributed by atoms with Gasteiger partial charge in [-0.05, 0) is 144 Å². The van der Waals surface area contributed by atoms with Crippen LogP contribution in [-0.2, 0) is 62.3 Å². The Morgan fingerprint density at radius 1 is 0.664 bits per heavy atom. The van der Waals surface area contributed by atoms with Crippen molar-refractivity contribution in [3.63, 3.8) is 0 Å². The predicted molar refractivity (Wildman–Crippen MR) is 390 cm³/mol. The fraction of sp³-hybridized carbons (Fsp3) is 0.818. The maximum Gasteiger partial charge on any atom is 0.397 e. The molecular formula is C77H120F8N12O13. The Hall–Kier alpha value is -7.22. The van der Waals surface area contributed by atoms with E-state index in [0.717, 1.165) is 24.5 Å². The summed E-state index contributed by atoms with van der Waals surface area (Å²) in [6.07, 6.45) is -12.3. The molecule has 4 saturated carbocycles. The second kappa shape index (κ2) is 38.1. The number of fused-ring (bicyclic) bond motifs is 3. The first-order chi connectivity index (χ1) is 51.4. The lowest BCUT2D eigenvalue weighted by molar-refractivity contribution is -0.219. The third kappa shape index (κ3) is 21.8. The molecule has 6 fully saturated rings. The summed E-state index contributed by atoms with van der Waals surface area (Å²) in [5.74, 6) is -17.2. The van der Waals surface area contributed by atoms with Crippen molar-refractivity contribution in [3.05, 3.63) is 12.2 Å². The molecule has 2 bridgehead atoms. The second-order valence-corrected chi connectivity index (χ2v) is 33.5. The van der Waals surface area contributed by atoms with E-state index in [1.807, 2.05) is 20.8 Å². The molecule has 7 aliphatic rings. The summed E-state index contributed by atoms with van der Waals surface area (Å²) in [4.78, 5) is 193. The third-order valence-corrected chi connectivity index (χ3v) is 24.5. The van der Waals surface area contributed by atoms with Gasteiger partial charge in [0.15, 0.2) is 0 Å². The van der Waals surface area contributed by atoms with Crippen LogP contribution in [0.2, 0.25) is 0 Å². The minimum absolute atomic E-state index is 0.000543. The van der Waals surface area contributed by atoms with Crippen molar-refractivity contribution in [3.8, 4) is 0 Å². The van der Waals surface area contributed by atoms with Gasteiger partial charge in [0, 0.05) is 89.1 Å². The van der Waals surface area contributed by atoms with Gasteiger partial charge in [0.1, 0.15) is 72.1 Å². The van der Waals surface area contributed by atoms with Crippen LogP contribution in [-0.4, -0.2) is 289 Å². The zero-order chi connectivity index (χ0) is 82.0. The molecule has 1 spiro atoms. The Balaban J connectivity index is 1.33. The van der Waals surface area contributed by atoms with E-state index in [-0.39, 0.29) is 103 Å². The smallest absolute Gasteiger partial charge is 0.385 e. The van der Waals surface area contributed by atoms with Gasteiger partial charge in [0.25, 0.3) is 0 Å². The highest BCUT2D eigenvalue weighted by molar-refractivity contribution is 6.01. The number of nitrogens with zero attached hydrogens (tertiary/aromatic N) is 9. The molecule has 110 heavy (non-hydrogen) atoms. The molecule has 0 aromatic rings. The quantitative estimate of drug-likeness (QED) is 0.117. The van der Waals surface area contributed by atoms with Crippen molar-refractivity contribution >= 4 is 70.9 Å². The maximum atomic E-state index is 15.8. The molecule has 3 aliphatic heterocycles. The summed E-state index contributed by atoms with van der Waals surface area (Å²) >= 11 is 0. The van der Waals surface area contributed by atoms with Gasteiger partial charge >= 0.3 is 12.4 Å². The van der Waals surface area contributed by atoms with Gasteiger partial charge in [-0.25, -0.2) is 8.78 Å². The van der Waals surface area contributed by atoms with Gasteiger partial charge in [0.05, 0.1) is 25.4 Å². The molecule has 4 aliphatic carbocycles. The third-order valence-electron chi connectivity index (χ3n) is 24.5. The molecule has 2 unspecified atom stereocenters. The van der Waals surface area contributed by atoms with E-state index in [9.17, 15) is 50.3 Å². The lowest BCUT2D eigenvalue weighted by Gasteiger charge is -2.54. The molecule has 12 atom stereocenters. The molecular weight excluding hydrogens is 1450 g/mol. The normalized spacial score (nSPS) is 32.1. The van der Waals surface area contributed by atoms with E-state index >= 15 is 42.3 Å². The van der Waals surface area contributed by atoms with Crippen molar-refractivity contribution in [2.45, 2.75) is 261 Å². The summed E-state index contributed by atoms with van der Waals surface area (Å²) in [7, 11) is 10.9. The zero-order valence-electron chi connectivity index (χ0n) is 66.6. The molecule has 7 rings (SSSR count). The minimum atomic E-state index is -5.21. The van der Waals surface area contributed by atoms with Gasteiger partial charge in [-0.1, -0.05) is 73.0 Å². The van der Waals surface area contributed by atoms with E-state index in [1.165, 1.54) is 76.0 Å². The Morgan fingerprint density at radius 3 is 1.85 bits per heavy atom. The lowest BCUT2D eigenvalue weighted by Crippen LogP contribution is -2.71. The maximum absolute atomic E-state index is 15.8. The van der Waals surface area contributed by atoms with Crippen molar-refractivity contribution in [2.24, 2.45) is 46.8 Å². The molecule has 2 saturated heterocycles. The van der Waals surface area contributed by atoms with Gasteiger partial charge in [-0.3, -0.25) is 57.5 Å². The fourth-order valence-electron chi connectivity index (χ4n) is 18.1. The molecule has 3 N–H and O–H groups in total. The van der Waals surface area contributed by atoms with Crippen LogP contribution in [0.4, 0.5) is 35.1 Å². The average molecular weight is 1570 g/mol. The number of rotatable bonds is 14. The van der Waals surface area contributed by atoms with Crippen LogP contribution in [0.15, 0.2) is 12.2 Å². The van der Waals surface area contributed by atoms with Crippen LogP contribution in [0, 0.1) is 46.8 Å². The van der Waals surface area contributed by atoms with Crippen molar-refractivity contribution in [1.82, 2.24) is 60.0 Å². The van der Waals surface area contributed by atoms with Crippen molar-refractivity contribution < 1.29 is 97.4 Å². The summed E-state index contributed by atoms with van der Waals surface area (Å²) in [6.45, 7) is 9.09. The number of nitrogens with one attached hydrogen (secondary N) is 3. The van der Waals surface area contributed by atoms with Crippen LogP contribution in [0.3, 0.4) is 0 Å². The van der Waals surface area contributed by atoms with E-state index in [4.69, 9.17) is 4.74 Å². The van der Waals surface area contributed by atoms with Gasteiger partial charge in [0.2, 0.25) is 70.9 Å². The highest BCUT2D eigenvalue weighted by Crippen LogP contribution is 2.50. The van der Waals surface area contributed by atoms with E-state index in [0.29, 0.717) is 38.5 Å². The standard InChI is InChI=1S/C77H120F8N12O13/c1-15-32-89(7)68(104)57-39-60(99)92(10)54(31-34-110-14)65(101)87-63(46(4)16-2)71(107)91(9)42-61(100)93(11)55-24-18-17-21-33-96(70(55)106)58(38-47-25-28-50(29-26-47)76(80,81)82)69(105)90(8)41-59(98)86-53(30-27-48-36-51(78)62(52(79)37-48)77(83,84)85)67(103)97-40-45(3)35-56(97)66(102)88-75(43-74(5,6)44-75)73(109)95(13)64(72(108)94(57)12)49-22-19-20-23-49/h17-18,45-58,62-64H,15-16,19-44H2,1-14H3,(H,86,98)(H,87,101)(H,88,102)/b18-17-/t45-,46-,47?,48?,50?,51?,52?,53-,54-,55-,56-,57-,58-,62?,63-,64-/m0/s1. The summed E-state index contributed by atoms with van der Waals surface area (Å²) in [5.41, 5.74) is -2.32. The molecule has 33 heteroatoms. The average Bonchev–Trinajstić information content (AvgIpc) is 0.989. The monoisotopic (exact) mass is 1570 g/mol. The summed E-state index contributed by atoms with van der Waals surface area (Å²) in [5, 5.41) is 8.47. The second-order valence-electron chi connectivity index (χ2n) is 33.5.